The van der Waals surface area contributed by atoms with Crippen molar-refractivity contribution in [1.82, 2.24) is 15.1 Å². The molecule has 1 N–H and O–H groups in total. The lowest BCUT2D eigenvalue weighted by Gasteiger charge is -2.30. The van der Waals surface area contributed by atoms with E-state index in [1.54, 1.807) is 0 Å². The summed E-state index contributed by atoms with van der Waals surface area (Å²) in [6.45, 7) is 5.31. The molecule has 2 unspecified atom stereocenters. The molecule has 1 amide bonds. The topological polar surface area (TPSA) is 35.6 Å². The van der Waals surface area contributed by atoms with Crippen LogP contribution < -0.4 is 5.32 Å². The Morgan fingerprint density at radius 3 is 2.94 bits per heavy atom. The molecule has 0 saturated carbocycles. The Hall–Kier alpha value is -0.260. The van der Waals surface area contributed by atoms with Crippen LogP contribution in [0.15, 0.2) is 0 Å². The SMILES string of the molecule is O=C(C1CSCCN1)N1CCCN2CCCC2C1. The predicted molar refractivity (Wildman–Crippen MR) is 74.9 cm³/mol. The van der Waals surface area contributed by atoms with Crippen LogP contribution in [0, 0.1) is 0 Å². The summed E-state index contributed by atoms with van der Waals surface area (Å²) in [6, 6.07) is 0.699. The third-order valence-electron chi connectivity index (χ3n) is 4.33. The smallest absolute Gasteiger partial charge is 0.240 e. The molecule has 2 atom stereocenters. The van der Waals surface area contributed by atoms with Gasteiger partial charge < -0.3 is 10.2 Å². The third kappa shape index (κ3) is 2.68. The van der Waals surface area contributed by atoms with E-state index in [2.05, 4.69) is 15.1 Å². The molecular weight excluding hydrogens is 246 g/mol. The first-order valence-corrected chi connectivity index (χ1v) is 8.34. The molecule has 0 aromatic carbocycles. The highest BCUT2D eigenvalue weighted by atomic mass is 32.2. The fourth-order valence-corrected chi connectivity index (χ4v) is 4.28. The fraction of sp³-hybridized carbons (Fsp3) is 0.923. The molecular formula is C13H23N3OS. The highest BCUT2D eigenvalue weighted by Crippen LogP contribution is 2.22. The van der Waals surface area contributed by atoms with E-state index in [0.29, 0.717) is 11.9 Å². The molecule has 102 valence electrons. The first-order valence-electron chi connectivity index (χ1n) is 7.18. The van der Waals surface area contributed by atoms with E-state index in [1.165, 1.54) is 25.9 Å². The van der Waals surface area contributed by atoms with Crippen LogP contribution in [0.4, 0.5) is 0 Å². The molecule has 0 aromatic rings. The minimum absolute atomic E-state index is 0.0664. The number of carbonyl (C=O) groups excluding carboxylic acids is 1. The Morgan fingerprint density at radius 1 is 1.22 bits per heavy atom. The van der Waals surface area contributed by atoms with E-state index in [4.69, 9.17) is 0 Å². The summed E-state index contributed by atoms with van der Waals surface area (Å²) in [5.41, 5.74) is 0. The first-order chi connectivity index (χ1) is 8.84. The molecule has 18 heavy (non-hydrogen) atoms. The number of thioether (sulfide) groups is 1. The summed E-state index contributed by atoms with van der Waals surface area (Å²) in [6.07, 6.45) is 3.73. The Bertz CT molecular complexity index is 307. The van der Waals surface area contributed by atoms with Gasteiger partial charge in [0, 0.05) is 43.7 Å². The number of hydrogen-bond acceptors (Lipinski definition) is 4. The number of hydrogen-bond donors (Lipinski definition) is 1. The number of fused-ring (bicyclic) bond motifs is 1. The Labute approximate surface area is 113 Å². The van der Waals surface area contributed by atoms with E-state index in [-0.39, 0.29) is 6.04 Å². The number of rotatable bonds is 1. The molecule has 0 bridgehead atoms. The van der Waals surface area contributed by atoms with Gasteiger partial charge in [-0.25, -0.2) is 0 Å². The minimum Gasteiger partial charge on any atom is -0.340 e. The maximum Gasteiger partial charge on any atom is 0.240 e. The average Bonchev–Trinajstić information content (AvgIpc) is 2.76. The van der Waals surface area contributed by atoms with Crippen LogP contribution >= 0.6 is 11.8 Å². The van der Waals surface area contributed by atoms with Crippen molar-refractivity contribution in [2.75, 3.05) is 44.2 Å². The molecule has 0 spiro atoms. The predicted octanol–water partition coefficient (Wildman–Crippen LogP) is 0.388. The molecule has 3 aliphatic rings. The number of carbonyl (C=O) groups is 1. The maximum absolute atomic E-state index is 12.5. The van der Waals surface area contributed by atoms with E-state index in [1.807, 2.05) is 11.8 Å². The monoisotopic (exact) mass is 269 g/mol. The van der Waals surface area contributed by atoms with E-state index in [0.717, 1.165) is 37.6 Å². The number of nitrogens with zero attached hydrogens (tertiary/aromatic N) is 2. The maximum atomic E-state index is 12.5. The fourth-order valence-electron chi connectivity index (χ4n) is 3.35. The summed E-state index contributed by atoms with van der Waals surface area (Å²) in [4.78, 5) is 17.2. The van der Waals surface area contributed by atoms with Crippen LogP contribution in [0.5, 0.6) is 0 Å². The Morgan fingerprint density at radius 2 is 2.11 bits per heavy atom. The van der Waals surface area contributed by atoms with Crippen LogP contribution in [-0.2, 0) is 4.79 Å². The van der Waals surface area contributed by atoms with Crippen molar-refractivity contribution in [3.8, 4) is 0 Å². The van der Waals surface area contributed by atoms with Crippen LogP contribution in [-0.4, -0.2) is 72.0 Å². The highest BCUT2D eigenvalue weighted by molar-refractivity contribution is 7.99. The molecule has 3 heterocycles. The largest absolute Gasteiger partial charge is 0.340 e. The van der Waals surface area contributed by atoms with Crippen molar-refractivity contribution in [3.05, 3.63) is 0 Å². The summed E-state index contributed by atoms with van der Waals surface area (Å²) >= 11 is 1.90. The van der Waals surface area contributed by atoms with E-state index in [9.17, 15) is 4.79 Å². The van der Waals surface area contributed by atoms with Crippen molar-refractivity contribution in [1.29, 1.82) is 0 Å². The lowest BCUT2D eigenvalue weighted by molar-refractivity contribution is -0.133. The summed E-state index contributed by atoms with van der Waals surface area (Å²) in [5, 5.41) is 3.37. The molecule has 4 nitrogen and oxygen atoms in total. The van der Waals surface area contributed by atoms with Gasteiger partial charge in [0.2, 0.25) is 5.91 Å². The van der Waals surface area contributed by atoms with Crippen molar-refractivity contribution in [2.45, 2.75) is 31.3 Å². The van der Waals surface area contributed by atoms with Crippen molar-refractivity contribution < 1.29 is 4.79 Å². The van der Waals surface area contributed by atoms with Gasteiger partial charge in [0.05, 0.1) is 6.04 Å². The van der Waals surface area contributed by atoms with E-state index >= 15 is 0 Å². The molecule has 0 aromatic heterocycles. The summed E-state index contributed by atoms with van der Waals surface area (Å²) in [7, 11) is 0. The van der Waals surface area contributed by atoms with Crippen LogP contribution in [0.25, 0.3) is 0 Å². The number of amides is 1. The zero-order valence-electron chi connectivity index (χ0n) is 10.9. The Balaban J connectivity index is 1.61. The van der Waals surface area contributed by atoms with Gasteiger partial charge in [-0.15, -0.1) is 0 Å². The van der Waals surface area contributed by atoms with Gasteiger partial charge in [-0.05, 0) is 25.8 Å². The first kappa shape index (κ1) is 12.8. The van der Waals surface area contributed by atoms with Gasteiger partial charge in [0.25, 0.3) is 0 Å². The van der Waals surface area contributed by atoms with Gasteiger partial charge in [0.15, 0.2) is 0 Å². The molecule has 3 saturated heterocycles. The Kier molecular flexibility index (Phi) is 4.11. The molecule has 0 radical (unpaired) electrons. The zero-order valence-corrected chi connectivity index (χ0v) is 11.8. The van der Waals surface area contributed by atoms with Crippen LogP contribution in [0.1, 0.15) is 19.3 Å². The van der Waals surface area contributed by atoms with Gasteiger partial charge >= 0.3 is 0 Å². The van der Waals surface area contributed by atoms with Crippen molar-refractivity contribution in [2.24, 2.45) is 0 Å². The second-order valence-corrected chi connectivity index (χ2v) is 6.70. The van der Waals surface area contributed by atoms with Crippen LogP contribution in [0.3, 0.4) is 0 Å². The highest BCUT2D eigenvalue weighted by Gasteiger charge is 2.33. The molecule has 3 rings (SSSR count). The second-order valence-electron chi connectivity index (χ2n) is 5.55. The second kappa shape index (κ2) is 5.80. The van der Waals surface area contributed by atoms with Gasteiger partial charge in [-0.1, -0.05) is 0 Å². The molecule has 5 heteroatoms. The average molecular weight is 269 g/mol. The van der Waals surface area contributed by atoms with Crippen molar-refractivity contribution in [3.63, 3.8) is 0 Å². The third-order valence-corrected chi connectivity index (χ3v) is 5.40. The quantitative estimate of drug-likeness (QED) is 0.747. The van der Waals surface area contributed by atoms with Crippen LogP contribution in [0.2, 0.25) is 0 Å². The molecule has 0 aliphatic carbocycles. The van der Waals surface area contributed by atoms with Gasteiger partial charge in [0.1, 0.15) is 0 Å². The van der Waals surface area contributed by atoms with Crippen molar-refractivity contribution >= 4 is 17.7 Å². The van der Waals surface area contributed by atoms with Gasteiger partial charge in [-0.2, -0.15) is 11.8 Å². The molecule has 3 fully saturated rings. The standard InChI is InChI=1S/C13H23N3OS/c17-13(12-10-18-8-4-14-12)16-7-2-6-15-5-1-3-11(15)9-16/h11-12,14H,1-10H2. The summed E-state index contributed by atoms with van der Waals surface area (Å²) < 4.78 is 0. The zero-order chi connectivity index (χ0) is 12.4. The lowest BCUT2D eigenvalue weighted by atomic mass is 10.2. The van der Waals surface area contributed by atoms with Gasteiger partial charge in [-0.3, -0.25) is 9.69 Å². The van der Waals surface area contributed by atoms with E-state index < -0.39 is 0 Å². The molecule has 3 aliphatic heterocycles. The normalized spacial score (nSPS) is 34.1. The number of nitrogens with one attached hydrogen (secondary N) is 1. The minimum atomic E-state index is 0.0664. The lowest BCUT2D eigenvalue weighted by Crippen LogP contribution is -2.52. The summed E-state index contributed by atoms with van der Waals surface area (Å²) in [5.74, 6) is 2.43.